The van der Waals surface area contributed by atoms with Crippen molar-refractivity contribution in [3.63, 3.8) is 0 Å². The lowest BCUT2D eigenvalue weighted by Gasteiger charge is -2.55. The van der Waals surface area contributed by atoms with Crippen molar-refractivity contribution in [3.05, 3.63) is 48.4 Å². The molecular formula is C29H48FN7O3P2. The Labute approximate surface area is 251 Å². The number of benzene rings is 1. The molecular weight excluding hydrogens is 575 g/mol. The van der Waals surface area contributed by atoms with Crippen molar-refractivity contribution < 1.29 is 18.3 Å². The Morgan fingerprint density at radius 1 is 0.929 bits per heavy atom. The first-order valence-corrected chi connectivity index (χ1v) is 17.7. The van der Waals surface area contributed by atoms with Crippen LogP contribution in [-0.4, -0.2) is 104 Å². The first kappa shape index (κ1) is 32.9. The topological polar surface area (TPSA) is 84.5 Å². The smallest absolute Gasteiger partial charge is 0.247 e. The van der Waals surface area contributed by atoms with E-state index in [4.69, 9.17) is 4.74 Å². The van der Waals surface area contributed by atoms with E-state index in [0.29, 0.717) is 38.4 Å². The van der Waals surface area contributed by atoms with Crippen LogP contribution in [0.5, 0.6) is 5.75 Å². The summed E-state index contributed by atoms with van der Waals surface area (Å²) in [5.41, 5.74) is -0.767. The Morgan fingerprint density at radius 3 is 1.90 bits per heavy atom. The van der Waals surface area contributed by atoms with E-state index in [2.05, 4.69) is 38.0 Å². The molecule has 4 rings (SSSR count). The van der Waals surface area contributed by atoms with Crippen LogP contribution in [0.4, 0.5) is 15.9 Å². The van der Waals surface area contributed by atoms with E-state index >= 15 is 13.5 Å². The van der Waals surface area contributed by atoms with Gasteiger partial charge in [-0.25, -0.2) is 28.1 Å². The van der Waals surface area contributed by atoms with Gasteiger partial charge in [0.15, 0.2) is 17.1 Å². The summed E-state index contributed by atoms with van der Waals surface area (Å²) in [6, 6.07) is 10.3. The van der Waals surface area contributed by atoms with Crippen LogP contribution in [0.25, 0.3) is 0 Å². The standard InChI is InChI=1S/C29H48FN7O3P2/c1-28(2)19-34(6)41(38,35(7)20-28)27(42(39)36(8)21-29(3,4)22-37(42)9)32-23-13-14-25(24(30)18-23)40-17-16-33(5)26-12-10-11-15-31-26/h10-15,18,27,32H,16-17,19-22H2,1-9H3. The molecule has 0 unspecified atom stereocenters. The fourth-order valence-corrected chi connectivity index (χ4v) is 15.7. The number of hydrogen-bond donors (Lipinski definition) is 1. The molecule has 13 heteroatoms. The minimum Gasteiger partial charge on any atom is -0.489 e. The molecule has 234 valence electrons. The quantitative estimate of drug-likeness (QED) is 0.355. The Kier molecular flexibility index (Phi) is 9.54. The second-order valence-electron chi connectivity index (χ2n) is 13.4. The molecule has 2 aromatic rings. The highest BCUT2D eigenvalue weighted by Gasteiger charge is 2.59. The van der Waals surface area contributed by atoms with Crippen LogP contribution in [0.1, 0.15) is 27.7 Å². The van der Waals surface area contributed by atoms with E-state index in [9.17, 15) is 0 Å². The summed E-state index contributed by atoms with van der Waals surface area (Å²) >= 11 is 0. The zero-order chi connectivity index (χ0) is 31.1. The maximum absolute atomic E-state index is 15.4. The van der Waals surface area contributed by atoms with Crippen molar-refractivity contribution >= 4 is 26.4 Å². The van der Waals surface area contributed by atoms with Gasteiger partial charge in [-0.05, 0) is 63.3 Å². The van der Waals surface area contributed by atoms with Crippen molar-refractivity contribution in [3.8, 4) is 5.75 Å². The van der Waals surface area contributed by atoms with Crippen molar-refractivity contribution in [1.82, 2.24) is 23.7 Å². The molecule has 0 bridgehead atoms. The molecule has 2 saturated heterocycles. The molecule has 2 aliphatic heterocycles. The van der Waals surface area contributed by atoms with Gasteiger partial charge in [0.2, 0.25) is 14.9 Å². The maximum atomic E-state index is 15.4. The minimum absolute atomic E-state index is 0.0987. The van der Waals surface area contributed by atoms with Gasteiger partial charge >= 0.3 is 0 Å². The minimum atomic E-state index is -3.44. The summed E-state index contributed by atoms with van der Waals surface area (Å²) in [4.78, 5) is 6.25. The average molecular weight is 624 g/mol. The van der Waals surface area contributed by atoms with E-state index in [1.54, 1.807) is 18.3 Å². The predicted octanol–water partition coefficient (Wildman–Crippen LogP) is 5.62. The molecule has 2 fully saturated rings. The normalized spacial score (nSPS) is 22.6. The number of likely N-dealkylation sites (N-methyl/N-ethyl adjacent to an activating group) is 1. The van der Waals surface area contributed by atoms with Crippen molar-refractivity contribution in [2.24, 2.45) is 10.8 Å². The third-order valence-electron chi connectivity index (χ3n) is 8.17. The molecule has 42 heavy (non-hydrogen) atoms. The number of nitrogens with one attached hydrogen (secondary N) is 1. The number of anilines is 2. The first-order valence-electron chi connectivity index (χ1n) is 14.4. The number of nitrogens with zero attached hydrogens (tertiary/aromatic N) is 6. The number of hydrogen-bond acceptors (Lipinski definition) is 6. The van der Waals surface area contributed by atoms with E-state index in [1.165, 1.54) is 6.07 Å². The van der Waals surface area contributed by atoms with Crippen LogP contribution in [-0.2, 0) is 9.13 Å². The SMILES string of the molecule is CN(CCOc1ccc(NC(P2(=O)N(C)CC(C)(C)CN2C)P2(=O)N(C)CC(C)(C)CN2C)cc1F)c1ccccn1. The highest BCUT2D eigenvalue weighted by atomic mass is 31.2. The number of aromatic nitrogens is 1. The molecule has 0 saturated carbocycles. The van der Waals surface area contributed by atoms with Crippen molar-refractivity contribution in [2.45, 2.75) is 33.2 Å². The summed E-state index contributed by atoms with van der Waals surface area (Å²) in [5, 5.41) is 3.33. The van der Waals surface area contributed by atoms with Gasteiger partial charge in [-0.3, -0.25) is 9.13 Å². The van der Waals surface area contributed by atoms with E-state index in [0.717, 1.165) is 5.82 Å². The van der Waals surface area contributed by atoms with Gasteiger partial charge in [-0.15, -0.1) is 0 Å². The van der Waals surface area contributed by atoms with E-state index < -0.39 is 26.2 Å². The van der Waals surface area contributed by atoms with Crippen LogP contribution >= 0.6 is 14.9 Å². The molecule has 3 heterocycles. The van der Waals surface area contributed by atoms with Crippen LogP contribution in [0.15, 0.2) is 42.6 Å². The molecule has 0 amide bonds. The second kappa shape index (κ2) is 12.2. The van der Waals surface area contributed by atoms with E-state index in [1.807, 2.05) is 77.0 Å². The second-order valence-corrected chi connectivity index (χ2v) is 19.9. The highest BCUT2D eigenvalue weighted by Crippen LogP contribution is 2.75. The molecule has 2 aliphatic rings. The fourth-order valence-electron chi connectivity index (χ4n) is 6.46. The lowest BCUT2D eigenvalue weighted by atomic mass is 9.93. The van der Waals surface area contributed by atoms with Crippen LogP contribution in [0.2, 0.25) is 0 Å². The molecule has 1 N–H and O–H groups in total. The van der Waals surface area contributed by atoms with Gasteiger partial charge in [0, 0.05) is 51.2 Å². The summed E-state index contributed by atoms with van der Waals surface area (Å²) in [6.45, 7) is 11.7. The number of pyridine rings is 1. The predicted molar refractivity (Wildman–Crippen MR) is 170 cm³/mol. The Balaban J connectivity index is 1.61. The van der Waals surface area contributed by atoms with Crippen molar-refractivity contribution in [2.75, 3.05) is 84.8 Å². The number of halogens is 1. The van der Waals surface area contributed by atoms with Gasteiger partial charge in [0.1, 0.15) is 12.4 Å². The first-order chi connectivity index (χ1) is 19.5. The average Bonchev–Trinajstić information content (AvgIpc) is 2.89. The lowest BCUT2D eigenvalue weighted by Crippen LogP contribution is -2.54. The molecule has 0 spiro atoms. The summed E-state index contributed by atoms with van der Waals surface area (Å²) in [6.07, 6.45) is 1.72. The van der Waals surface area contributed by atoms with Crippen LogP contribution < -0.4 is 15.0 Å². The van der Waals surface area contributed by atoms with Gasteiger partial charge in [-0.2, -0.15) is 0 Å². The van der Waals surface area contributed by atoms with Crippen LogP contribution in [0.3, 0.4) is 0 Å². The molecule has 1 aromatic heterocycles. The summed E-state index contributed by atoms with van der Waals surface area (Å²) in [5.74, 6) is 0.375. The van der Waals surface area contributed by atoms with Crippen LogP contribution in [0, 0.1) is 16.6 Å². The van der Waals surface area contributed by atoms with Gasteiger partial charge in [-0.1, -0.05) is 33.8 Å². The maximum Gasteiger partial charge on any atom is 0.247 e. The molecule has 0 atom stereocenters. The Hall–Kier alpha value is -2.00. The lowest BCUT2D eigenvalue weighted by molar-refractivity contribution is 0.174. The molecule has 0 radical (unpaired) electrons. The van der Waals surface area contributed by atoms with Gasteiger partial charge in [0.05, 0.1) is 6.54 Å². The Morgan fingerprint density at radius 2 is 1.45 bits per heavy atom. The van der Waals surface area contributed by atoms with Crippen molar-refractivity contribution in [1.29, 1.82) is 0 Å². The highest BCUT2D eigenvalue weighted by molar-refractivity contribution is 7.77. The number of rotatable bonds is 9. The number of ether oxygens (including phenoxy) is 1. The largest absolute Gasteiger partial charge is 0.489 e. The zero-order valence-electron chi connectivity index (χ0n) is 26.5. The van der Waals surface area contributed by atoms with Gasteiger partial charge in [0.25, 0.3) is 0 Å². The van der Waals surface area contributed by atoms with Gasteiger partial charge < -0.3 is 15.0 Å². The zero-order valence-corrected chi connectivity index (χ0v) is 28.3. The summed E-state index contributed by atoms with van der Waals surface area (Å²) in [7, 11) is 2.38. The third-order valence-corrected chi connectivity index (χ3v) is 16.0. The Bertz CT molecular complexity index is 1260. The molecule has 0 aliphatic carbocycles. The molecule has 10 nitrogen and oxygen atoms in total. The molecule has 1 aromatic carbocycles. The monoisotopic (exact) mass is 623 g/mol. The van der Waals surface area contributed by atoms with E-state index in [-0.39, 0.29) is 23.2 Å². The fraction of sp³-hybridized carbons (Fsp3) is 0.621. The summed E-state index contributed by atoms with van der Waals surface area (Å²) < 4.78 is 58.9. The third kappa shape index (κ3) is 6.57.